The molecule has 1 N–H and O–H groups in total. The molecule has 0 radical (unpaired) electrons. The molecule has 1 aromatic carbocycles. The molecule has 1 heterocycles. The number of aliphatic imine (C=N–C) groups is 1. The molecule has 88 valence electrons. The topological polar surface area (TPSA) is 61.8 Å². The van der Waals surface area contributed by atoms with E-state index < -0.39 is 5.91 Å². The number of carbonyl (C=O) groups is 2. The van der Waals surface area contributed by atoms with E-state index in [-0.39, 0.29) is 12.3 Å². The molecular formula is C12H13N3O2. The van der Waals surface area contributed by atoms with Crippen molar-refractivity contribution in [1.29, 1.82) is 0 Å². The number of hydrogen-bond acceptors (Lipinski definition) is 3. The smallest absolute Gasteiger partial charge is 0.258 e. The minimum Gasteiger partial charge on any atom is -0.312 e. The molecule has 5 nitrogen and oxygen atoms in total. The van der Waals surface area contributed by atoms with Gasteiger partial charge in [-0.3, -0.25) is 14.9 Å². The first-order chi connectivity index (χ1) is 8.20. The van der Waals surface area contributed by atoms with E-state index in [4.69, 9.17) is 0 Å². The molecule has 0 aliphatic carbocycles. The summed E-state index contributed by atoms with van der Waals surface area (Å²) in [5.41, 5.74) is 0.892. The monoisotopic (exact) mass is 231 g/mol. The summed E-state index contributed by atoms with van der Waals surface area (Å²) in [5.74, 6) is -0.410. The van der Waals surface area contributed by atoms with Crippen LogP contribution in [0.1, 0.15) is 13.3 Å². The largest absolute Gasteiger partial charge is 0.312 e. The molecular weight excluding hydrogens is 218 g/mol. The van der Waals surface area contributed by atoms with Gasteiger partial charge in [0.2, 0.25) is 11.9 Å². The molecule has 0 aromatic heterocycles. The maximum Gasteiger partial charge on any atom is 0.258 e. The van der Waals surface area contributed by atoms with Gasteiger partial charge in [-0.2, -0.15) is 4.99 Å². The van der Waals surface area contributed by atoms with Gasteiger partial charge < -0.3 is 4.90 Å². The van der Waals surface area contributed by atoms with Crippen LogP contribution in [0.2, 0.25) is 0 Å². The number of para-hydroxylation sites is 1. The van der Waals surface area contributed by atoms with Gasteiger partial charge in [0.25, 0.3) is 5.91 Å². The van der Waals surface area contributed by atoms with Crippen molar-refractivity contribution in [3.8, 4) is 0 Å². The molecule has 0 spiro atoms. The minimum absolute atomic E-state index is 0.171. The highest BCUT2D eigenvalue weighted by Crippen LogP contribution is 2.14. The van der Waals surface area contributed by atoms with Gasteiger partial charge in [-0.15, -0.1) is 0 Å². The molecule has 0 bridgehead atoms. The van der Waals surface area contributed by atoms with Gasteiger partial charge in [0.1, 0.15) is 6.42 Å². The molecule has 1 aliphatic rings. The van der Waals surface area contributed by atoms with E-state index in [9.17, 15) is 9.59 Å². The predicted octanol–water partition coefficient (Wildman–Crippen LogP) is 0.915. The standard InChI is InChI=1S/C12H13N3O2/c1-2-15(9-6-4-3-5-7-9)12-13-10(16)8-11(17)14-12/h3-7H,2,8H2,1H3,(H,13,14,16,17). The van der Waals surface area contributed by atoms with E-state index in [1.807, 2.05) is 37.3 Å². The third kappa shape index (κ3) is 2.50. The number of rotatable bonds is 2. The van der Waals surface area contributed by atoms with Gasteiger partial charge in [0.05, 0.1) is 0 Å². The molecule has 1 aromatic rings. The Morgan fingerprint density at radius 2 is 2.00 bits per heavy atom. The van der Waals surface area contributed by atoms with Gasteiger partial charge in [0.15, 0.2) is 0 Å². The molecule has 1 aliphatic heterocycles. The van der Waals surface area contributed by atoms with Crippen molar-refractivity contribution in [2.75, 3.05) is 11.4 Å². The summed E-state index contributed by atoms with van der Waals surface area (Å²) < 4.78 is 0. The SMILES string of the molecule is CCN(C1=NC(=O)CC(=O)N1)c1ccccc1. The molecule has 0 atom stereocenters. The van der Waals surface area contributed by atoms with Crippen molar-refractivity contribution in [3.05, 3.63) is 30.3 Å². The van der Waals surface area contributed by atoms with Crippen LogP contribution in [0.15, 0.2) is 35.3 Å². The van der Waals surface area contributed by atoms with Crippen LogP contribution in [-0.4, -0.2) is 24.3 Å². The molecule has 2 rings (SSSR count). The predicted molar refractivity (Wildman–Crippen MR) is 64.7 cm³/mol. The van der Waals surface area contributed by atoms with Crippen LogP contribution in [0, 0.1) is 0 Å². The summed E-state index contributed by atoms with van der Waals surface area (Å²) >= 11 is 0. The Morgan fingerprint density at radius 1 is 1.29 bits per heavy atom. The normalized spacial score (nSPS) is 15.2. The van der Waals surface area contributed by atoms with Crippen molar-refractivity contribution in [2.45, 2.75) is 13.3 Å². The lowest BCUT2D eigenvalue weighted by atomic mass is 10.3. The van der Waals surface area contributed by atoms with E-state index in [0.29, 0.717) is 12.5 Å². The fourth-order valence-electron chi connectivity index (χ4n) is 1.68. The van der Waals surface area contributed by atoms with E-state index in [2.05, 4.69) is 10.3 Å². The Kier molecular flexibility index (Phi) is 3.18. The van der Waals surface area contributed by atoms with Crippen LogP contribution in [0.3, 0.4) is 0 Å². The lowest BCUT2D eigenvalue weighted by molar-refractivity contribution is -0.127. The highest BCUT2D eigenvalue weighted by Gasteiger charge is 2.22. The van der Waals surface area contributed by atoms with Gasteiger partial charge in [-0.1, -0.05) is 18.2 Å². The number of amides is 2. The second-order valence-electron chi connectivity index (χ2n) is 3.63. The first-order valence-corrected chi connectivity index (χ1v) is 5.44. The van der Waals surface area contributed by atoms with Gasteiger partial charge in [0, 0.05) is 12.2 Å². The third-order valence-corrected chi connectivity index (χ3v) is 2.43. The molecule has 0 saturated heterocycles. The van der Waals surface area contributed by atoms with Gasteiger partial charge in [-0.05, 0) is 19.1 Å². The summed E-state index contributed by atoms with van der Waals surface area (Å²) in [6.45, 7) is 2.55. The number of guanidine groups is 1. The number of nitrogens with one attached hydrogen (secondary N) is 1. The molecule has 17 heavy (non-hydrogen) atoms. The number of hydrogen-bond donors (Lipinski definition) is 1. The van der Waals surface area contributed by atoms with Crippen LogP contribution in [0.5, 0.6) is 0 Å². The second-order valence-corrected chi connectivity index (χ2v) is 3.63. The van der Waals surface area contributed by atoms with Crippen molar-refractivity contribution in [3.63, 3.8) is 0 Å². The fraction of sp³-hybridized carbons (Fsp3) is 0.250. The zero-order valence-electron chi connectivity index (χ0n) is 9.51. The highest BCUT2D eigenvalue weighted by atomic mass is 16.2. The zero-order valence-corrected chi connectivity index (χ0v) is 9.51. The summed E-state index contributed by atoms with van der Waals surface area (Å²) in [4.78, 5) is 28.2. The Hall–Kier alpha value is -2.17. The van der Waals surface area contributed by atoms with Gasteiger partial charge in [-0.25, -0.2) is 0 Å². The summed E-state index contributed by atoms with van der Waals surface area (Å²) in [6, 6.07) is 9.49. The van der Waals surface area contributed by atoms with Crippen molar-refractivity contribution in [2.24, 2.45) is 4.99 Å². The first kappa shape index (κ1) is 11.3. The molecule has 5 heteroatoms. The minimum atomic E-state index is -0.405. The Balaban J connectivity index is 2.31. The molecule has 0 saturated carbocycles. The quantitative estimate of drug-likeness (QED) is 0.770. The van der Waals surface area contributed by atoms with E-state index >= 15 is 0 Å². The number of nitrogens with zero attached hydrogens (tertiary/aromatic N) is 2. The van der Waals surface area contributed by atoms with Gasteiger partial charge >= 0.3 is 0 Å². The van der Waals surface area contributed by atoms with Crippen molar-refractivity contribution < 1.29 is 9.59 Å². The maximum atomic E-state index is 11.3. The Bertz CT molecular complexity index is 468. The van der Waals surface area contributed by atoms with Crippen LogP contribution in [-0.2, 0) is 9.59 Å². The zero-order chi connectivity index (χ0) is 12.3. The van der Waals surface area contributed by atoms with Crippen LogP contribution < -0.4 is 10.2 Å². The van der Waals surface area contributed by atoms with Crippen LogP contribution in [0.25, 0.3) is 0 Å². The summed E-state index contributed by atoms with van der Waals surface area (Å²) in [6.07, 6.45) is -0.171. The Morgan fingerprint density at radius 3 is 2.59 bits per heavy atom. The third-order valence-electron chi connectivity index (χ3n) is 2.43. The van der Waals surface area contributed by atoms with Crippen molar-refractivity contribution in [1.82, 2.24) is 5.32 Å². The average Bonchev–Trinajstić information content (AvgIpc) is 2.30. The van der Waals surface area contributed by atoms with E-state index in [0.717, 1.165) is 5.69 Å². The second kappa shape index (κ2) is 4.78. The Labute approximate surface area is 99.1 Å². The molecule has 0 fully saturated rings. The lowest BCUT2D eigenvalue weighted by Gasteiger charge is -2.26. The lowest BCUT2D eigenvalue weighted by Crippen LogP contribution is -2.48. The van der Waals surface area contributed by atoms with E-state index in [1.165, 1.54) is 0 Å². The van der Waals surface area contributed by atoms with Crippen LogP contribution >= 0.6 is 0 Å². The van der Waals surface area contributed by atoms with Crippen LogP contribution in [0.4, 0.5) is 5.69 Å². The number of carbonyl (C=O) groups excluding carboxylic acids is 2. The average molecular weight is 231 g/mol. The van der Waals surface area contributed by atoms with E-state index in [1.54, 1.807) is 4.90 Å². The summed E-state index contributed by atoms with van der Waals surface area (Å²) in [7, 11) is 0. The van der Waals surface area contributed by atoms with Crippen molar-refractivity contribution >= 4 is 23.5 Å². The summed E-state index contributed by atoms with van der Waals surface area (Å²) in [5, 5.41) is 2.61. The number of benzene rings is 1. The first-order valence-electron chi connectivity index (χ1n) is 5.44. The fourth-order valence-corrected chi connectivity index (χ4v) is 1.68. The highest BCUT2D eigenvalue weighted by molar-refractivity contribution is 6.17. The maximum absolute atomic E-state index is 11.3. The molecule has 2 amide bonds. The number of anilines is 1. The molecule has 0 unspecified atom stereocenters.